The molecule has 1 N–H and O–H groups in total. The molecule has 3 aromatic rings. The van der Waals surface area contributed by atoms with E-state index >= 15 is 0 Å². The van der Waals surface area contributed by atoms with E-state index in [1.54, 1.807) is 25.8 Å². The van der Waals surface area contributed by atoms with Gasteiger partial charge in [0.1, 0.15) is 0 Å². The van der Waals surface area contributed by atoms with Gasteiger partial charge in [-0.3, -0.25) is 0 Å². The Bertz CT molecular complexity index is 758. The predicted molar refractivity (Wildman–Crippen MR) is 86.4 cm³/mol. The summed E-state index contributed by atoms with van der Waals surface area (Å²) >= 11 is 0. The Morgan fingerprint density at radius 2 is 1.78 bits per heavy atom. The van der Waals surface area contributed by atoms with Crippen LogP contribution in [0.25, 0.3) is 5.65 Å². The fraction of sp³-hybridized carbons (Fsp3) is 0.250. The van der Waals surface area contributed by atoms with Crippen molar-refractivity contribution in [3.05, 3.63) is 42.1 Å². The van der Waals surface area contributed by atoms with Crippen LogP contribution in [-0.2, 0) is 6.54 Å². The summed E-state index contributed by atoms with van der Waals surface area (Å²) in [6.45, 7) is 0.535. The molecule has 0 aliphatic rings. The van der Waals surface area contributed by atoms with Gasteiger partial charge in [0.25, 0.3) is 0 Å². The van der Waals surface area contributed by atoms with Gasteiger partial charge in [0.2, 0.25) is 11.7 Å². The number of benzene rings is 1. The van der Waals surface area contributed by atoms with Gasteiger partial charge < -0.3 is 19.5 Å². The van der Waals surface area contributed by atoms with Gasteiger partial charge >= 0.3 is 0 Å². The van der Waals surface area contributed by atoms with Crippen LogP contribution in [0, 0.1) is 0 Å². The molecule has 23 heavy (non-hydrogen) atoms. The zero-order valence-electron chi connectivity index (χ0n) is 13.2. The van der Waals surface area contributed by atoms with Crippen LogP contribution in [0.1, 0.15) is 5.56 Å². The van der Waals surface area contributed by atoms with E-state index in [2.05, 4.69) is 15.4 Å². The number of rotatable bonds is 6. The van der Waals surface area contributed by atoms with Gasteiger partial charge in [-0.1, -0.05) is 6.07 Å². The van der Waals surface area contributed by atoms with Gasteiger partial charge in [0.15, 0.2) is 17.1 Å². The number of methoxy groups -OCH3 is 3. The average Bonchev–Trinajstić information content (AvgIpc) is 3.01. The van der Waals surface area contributed by atoms with E-state index in [4.69, 9.17) is 14.2 Å². The molecule has 0 saturated heterocycles. The molecule has 7 heteroatoms. The number of nitrogens with one attached hydrogen (secondary N) is 1. The topological polar surface area (TPSA) is 69.9 Å². The maximum absolute atomic E-state index is 5.35. The number of anilines is 1. The van der Waals surface area contributed by atoms with Crippen LogP contribution in [0.5, 0.6) is 17.2 Å². The molecule has 3 rings (SSSR count). The van der Waals surface area contributed by atoms with Crippen molar-refractivity contribution in [1.82, 2.24) is 14.6 Å². The number of nitrogens with zero attached hydrogens (tertiary/aromatic N) is 3. The molecule has 0 spiro atoms. The Hall–Kier alpha value is -2.96. The number of pyridine rings is 1. The summed E-state index contributed by atoms with van der Waals surface area (Å²) < 4.78 is 17.7. The first-order valence-corrected chi connectivity index (χ1v) is 7.09. The van der Waals surface area contributed by atoms with Crippen molar-refractivity contribution in [3.63, 3.8) is 0 Å². The van der Waals surface area contributed by atoms with Crippen LogP contribution in [-0.4, -0.2) is 35.9 Å². The second-order valence-electron chi connectivity index (χ2n) is 4.83. The van der Waals surface area contributed by atoms with Crippen LogP contribution in [0.2, 0.25) is 0 Å². The second kappa shape index (κ2) is 6.43. The number of aromatic nitrogens is 3. The molecule has 0 aliphatic carbocycles. The summed E-state index contributed by atoms with van der Waals surface area (Å²) in [6, 6.07) is 9.52. The number of ether oxygens (including phenoxy) is 3. The minimum Gasteiger partial charge on any atom is -0.493 e. The molecule has 120 valence electrons. The van der Waals surface area contributed by atoms with Gasteiger partial charge in [0.05, 0.1) is 21.3 Å². The van der Waals surface area contributed by atoms with E-state index in [1.807, 2.05) is 36.5 Å². The van der Waals surface area contributed by atoms with E-state index in [0.29, 0.717) is 29.7 Å². The Morgan fingerprint density at radius 3 is 2.39 bits per heavy atom. The normalized spacial score (nSPS) is 10.6. The number of fused-ring (bicyclic) bond motifs is 1. The molecule has 0 bridgehead atoms. The Morgan fingerprint density at radius 1 is 1.04 bits per heavy atom. The number of hydrogen-bond donors (Lipinski definition) is 1. The lowest BCUT2D eigenvalue weighted by molar-refractivity contribution is 0.324. The highest BCUT2D eigenvalue weighted by atomic mass is 16.5. The lowest BCUT2D eigenvalue weighted by Crippen LogP contribution is -2.03. The van der Waals surface area contributed by atoms with E-state index in [0.717, 1.165) is 11.2 Å². The van der Waals surface area contributed by atoms with Gasteiger partial charge in [-0.2, -0.15) is 4.98 Å². The van der Waals surface area contributed by atoms with E-state index in [9.17, 15) is 0 Å². The maximum Gasteiger partial charge on any atom is 0.243 e. The van der Waals surface area contributed by atoms with Crippen LogP contribution in [0.4, 0.5) is 5.95 Å². The Labute approximate surface area is 133 Å². The zero-order valence-corrected chi connectivity index (χ0v) is 13.2. The van der Waals surface area contributed by atoms with Gasteiger partial charge in [0, 0.05) is 12.7 Å². The largest absolute Gasteiger partial charge is 0.493 e. The summed E-state index contributed by atoms with van der Waals surface area (Å²) in [5, 5.41) is 7.55. The molecule has 0 radical (unpaired) electrons. The Balaban J connectivity index is 1.82. The van der Waals surface area contributed by atoms with Crippen LogP contribution in [0.3, 0.4) is 0 Å². The first-order chi connectivity index (χ1) is 11.2. The van der Waals surface area contributed by atoms with Crippen LogP contribution >= 0.6 is 0 Å². The molecule has 1 aromatic carbocycles. The van der Waals surface area contributed by atoms with Crippen molar-refractivity contribution >= 4 is 11.6 Å². The van der Waals surface area contributed by atoms with Crippen molar-refractivity contribution in [1.29, 1.82) is 0 Å². The van der Waals surface area contributed by atoms with Gasteiger partial charge in [-0.05, 0) is 29.8 Å². The quantitative estimate of drug-likeness (QED) is 0.753. The van der Waals surface area contributed by atoms with E-state index < -0.39 is 0 Å². The fourth-order valence-electron chi connectivity index (χ4n) is 2.32. The lowest BCUT2D eigenvalue weighted by atomic mass is 10.2. The van der Waals surface area contributed by atoms with Gasteiger partial charge in [-0.15, -0.1) is 5.10 Å². The summed E-state index contributed by atoms with van der Waals surface area (Å²) in [7, 11) is 4.77. The Kier molecular flexibility index (Phi) is 4.18. The highest BCUT2D eigenvalue weighted by Gasteiger charge is 2.13. The summed E-state index contributed by atoms with van der Waals surface area (Å²) in [4.78, 5) is 4.40. The molecule has 0 saturated carbocycles. The maximum atomic E-state index is 5.35. The van der Waals surface area contributed by atoms with Gasteiger partial charge in [-0.25, -0.2) is 4.52 Å². The number of hydrogen-bond acceptors (Lipinski definition) is 6. The lowest BCUT2D eigenvalue weighted by Gasteiger charge is -2.14. The zero-order chi connectivity index (χ0) is 16.2. The highest BCUT2D eigenvalue weighted by molar-refractivity contribution is 5.54. The predicted octanol–water partition coefficient (Wildman–Crippen LogP) is 2.37. The monoisotopic (exact) mass is 314 g/mol. The van der Waals surface area contributed by atoms with Crippen molar-refractivity contribution in [2.45, 2.75) is 6.54 Å². The first kappa shape index (κ1) is 15.0. The highest BCUT2D eigenvalue weighted by Crippen LogP contribution is 2.38. The van der Waals surface area contributed by atoms with Crippen molar-refractivity contribution in [3.8, 4) is 17.2 Å². The standard InChI is InChI=1S/C16H18N4O3/c1-21-12-8-11(9-13(22-2)15(12)23-3)10-17-16-18-14-6-4-5-7-20(14)19-16/h4-9H,10H2,1-3H3,(H,17,19). The summed E-state index contributed by atoms with van der Waals surface area (Å²) in [6.07, 6.45) is 1.85. The van der Waals surface area contributed by atoms with Crippen molar-refractivity contribution in [2.75, 3.05) is 26.6 Å². The van der Waals surface area contributed by atoms with Crippen molar-refractivity contribution < 1.29 is 14.2 Å². The smallest absolute Gasteiger partial charge is 0.243 e. The van der Waals surface area contributed by atoms with E-state index in [1.165, 1.54) is 0 Å². The molecule has 0 aliphatic heterocycles. The third-order valence-electron chi connectivity index (χ3n) is 3.42. The van der Waals surface area contributed by atoms with Crippen LogP contribution in [0.15, 0.2) is 36.5 Å². The molecule has 0 unspecified atom stereocenters. The summed E-state index contributed by atoms with van der Waals surface area (Å²) in [5.74, 6) is 2.37. The molecule has 2 aromatic heterocycles. The molecule has 2 heterocycles. The SMILES string of the molecule is COc1cc(CNc2nc3ccccn3n2)cc(OC)c1OC. The average molecular weight is 314 g/mol. The van der Waals surface area contributed by atoms with E-state index in [-0.39, 0.29) is 0 Å². The molecular weight excluding hydrogens is 296 g/mol. The minimum absolute atomic E-state index is 0.535. The molecule has 0 amide bonds. The fourth-order valence-corrected chi connectivity index (χ4v) is 2.32. The minimum atomic E-state index is 0.535. The summed E-state index contributed by atoms with van der Waals surface area (Å²) in [5.41, 5.74) is 1.76. The third-order valence-corrected chi connectivity index (χ3v) is 3.42. The molecule has 0 atom stereocenters. The first-order valence-electron chi connectivity index (χ1n) is 7.09. The molecular formula is C16H18N4O3. The molecule has 7 nitrogen and oxygen atoms in total. The second-order valence-corrected chi connectivity index (χ2v) is 4.83. The molecule has 0 fully saturated rings. The van der Waals surface area contributed by atoms with Crippen LogP contribution < -0.4 is 19.5 Å². The third kappa shape index (κ3) is 2.98. The van der Waals surface area contributed by atoms with Crippen molar-refractivity contribution in [2.24, 2.45) is 0 Å².